The van der Waals surface area contributed by atoms with Crippen LogP contribution < -0.4 is 4.74 Å². The van der Waals surface area contributed by atoms with E-state index >= 15 is 0 Å². The number of ether oxygens (including phenoxy) is 1. The number of carbonyl (C=O) groups is 1. The van der Waals surface area contributed by atoms with Crippen LogP contribution in [0.3, 0.4) is 0 Å². The molecule has 9 heteroatoms. The van der Waals surface area contributed by atoms with Gasteiger partial charge in [-0.15, -0.1) is 0 Å². The molecule has 1 fully saturated rings. The van der Waals surface area contributed by atoms with Gasteiger partial charge >= 0.3 is 5.97 Å². The molecule has 0 aromatic heterocycles. The van der Waals surface area contributed by atoms with Crippen LogP contribution in [0.5, 0.6) is 5.75 Å². The van der Waals surface area contributed by atoms with E-state index in [4.69, 9.17) is 4.74 Å². The maximum atomic E-state index is 12.9. The minimum Gasteiger partial charge on any atom is -0.423 e. The van der Waals surface area contributed by atoms with Gasteiger partial charge < -0.3 is 9.64 Å². The first-order valence-corrected chi connectivity index (χ1v) is 10.8. The van der Waals surface area contributed by atoms with Crippen molar-refractivity contribution >= 4 is 27.2 Å². The van der Waals surface area contributed by atoms with E-state index < -0.39 is 26.5 Å². The number of likely N-dealkylation sites (tertiary alicyclic amines) is 1. The van der Waals surface area contributed by atoms with Gasteiger partial charge in [0.2, 0.25) is 0 Å². The van der Waals surface area contributed by atoms with Gasteiger partial charge in [0.15, 0.2) is 9.84 Å². The molecule has 2 aliphatic rings. The summed E-state index contributed by atoms with van der Waals surface area (Å²) in [7, 11) is -3.68. The largest absolute Gasteiger partial charge is 0.423 e. The van der Waals surface area contributed by atoms with Crippen molar-refractivity contribution in [3.05, 3.63) is 69.8 Å². The van der Waals surface area contributed by atoms with Gasteiger partial charge in [-0.1, -0.05) is 18.2 Å². The summed E-state index contributed by atoms with van der Waals surface area (Å²) in [4.78, 5) is 25.4. The summed E-state index contributed by atoms with van der Waals surface area (Å²) in [5.41, 5.74) is 1.07. The van der Waals surface area contributed by atoms with Crippen molar-refractivity contribution < 1.29 is 22.9 Å². The predicted molar refractivity (Wildman–Crippen MR) is 105 cm³/mol. The quantitative estimate of drug-likeness (QED) is 0.328. The molecule has 0 radical (unpaired) electrons. The van der Waals surface area contributed by atoms with E-state index in [9.17, 15) is 23.3 Å². The highest BCUT2D eigenvalue weighted by Crippen LogP contribution is 2.37. The van der Waals surface area contributed by atoms with Crippen molar-refractivity contribution in [2.45, 2.75) is 17.7 Å². The molecule has 29 heavy (non-hydrogen) atoms. The topological polar surface area (TPSA) is 107 Å². The molecule has 150 valence electrons. The fourth-order valence-corrected chi connectivity index (χ4v) is 5.27. The van der Waals surface area contributed by atoms with E-state index in [-0.39, 0.29) is 21.9 Å². The van der Waals surface area contributed by atoms with Crippen LogP contribution in [0, 0.1) is 10.1 Å². The SMILES string of the molecule is O=C(Oc1ccc([N+](=O)[O-])cc1)C1=C(N2CCCC2)c2ccccc2S(=O)(=O)C1. The van der Waals surface area contributed by atoms with Gasteiger partial charge in [-0.2, -0.15) is 0 Å². The Labute approximate surface area is 167 Å². The molecule has 0 amide bonds. The highest BCUT2D eigenvalue weighted by Gasteiger charge is 2.36. The zero-order valence-corrected chi connectivity index (χ0v) is 16.2. The van der Waals surface area contributed by atoms with E-state index in [0.29, 0.717) is 11.3 Å². The van der Waals surface area contributed by atoms with E-state index in [1.54, 1.807) is 24.3 Å². The van der Waals surface area contributed by atoms with E-state index in [2.05, 4.69) is 0 Å². The summed E-state index contributed by atoms with van der Waals surface area (Å²) in [6.45, 7) is 1.47. The van der Waals surface area contributed by atoms with Gasteiger partial charge in [0.05, 0.1) is 26.8 Å². The summed E-state index contributed by atoms with van der Waals surface area (Å²) < 4.78 is 30.9. The first-order chi connectivity index (χ1) is 13.9. The van der Waals surface area contributed by atoms with E-state index in [0.717, 1.165) is 25.9 Å². The van der Waals surface area contributed by atoms with E-state index in [1.165, 1.54) is 24.3 Å². The summed E-state index contributed by atoms with van der Waals surface area (Å²) in [5.74, 6) is -1.09. The number of nitro groups is 1. The summed E-state index contributed by atoms with van der Waals surface area (Å²) in [6, 6.07) is 11.8. The molecule has 0 saturated carbocycles. The number of hydrogen-bond acceptors (Lipinski definition) is 7. The molecule has 2 aliphatic heterocycles. The maximum Gasteiger partial charge on any atom is 0.342 e. The first kappa shape index (κ1) is 19.1. The Kier molecular flexibility index (Phi) is 4.83. The molecule has 0 aliphatic carbocycles. The van der Waals surface area contributed by atoms with Crippen LogP contribution >= 0.6 is 0 Å². The molecule has 0 bridgehead atoms. The Hall–Kier alpha value is -3.20. The third kappa shape index (κ3) is 3.61. The van der Waals surface area contributed by atoms with Crippen LogP contribution in [-0.4, -0.2) is 43.1 Å². The number of sulfone groups is 1. The minimum atomic E-state index is -3.68. The van der Waals surface area contributed by atoms with Crippen molar-refractivity contribution in [3.8, 4) is 5.75 Å². The van der Waals surface area contributed by atoms with E-state index in [1.807, 2.05) is 4.90 Å². The Bertz CT molecular complexity index is 1120. The fraction of sp³-hybridized carbons (Fsp3) is 0.250. The Morgan fingerprint density at radius 1 is 1.03 bits per heavy atom. The van der Waals surface area contributed by atoms with Gasteiger partial charge in [-0.3, -0.25) is 10.1 Å². The molecule has 2 heterocycles. The van der Waals surface area contributed by atoms with Crippen LogP contribution in [0.2, 0.25) is 0 Å². The standard InChI is InChI=1S/C20H18N2O6S/c23-20(28-15-9-7-14(8-10-15)22(24)25)17-13-29(26,27)18-6-2-1-5-16(18)19(17)21-11-3-4-12-21/h1-2,5-10H,3-4,11-13H2. The van der Waals surface area contributed by atoms with Crippen LogP contribution in [0.1, 0.15) is 18.4 Å². The van der Waals surface area contributed by atoms with Crippen molar-refractivity contribution in [1.82, 2.24) is 4.90 Å². The number of esters is 1. The third-order valence-electron chi connectivity index (χ3n) is 5.02. The lowest BCUT2D eigenvalue weighted by Gasteiger charge is -2.29. The number of rotatable bonds is 4. The molecule has 0 spiro atoms. The highest BCUT2D eigenvalue weighted by atomic mass is 32.2. The molecular weight excluding hydrogens is 396 g/mol. The second kappa shape index (κ2) is 7.32. The zero-order valence-electron chi connectivity index (χ0n) is 15.4. The molecule has 4 rings (SSSR count). The molecule has 2 aromatic carbocycles. The molecule has 1 saturated heterocycles. The lowest BCUT2D eigenvalue weighted by Crippen LogP contribution is -2.31. The smallest absolute Gasteiger partial charge is 0.342 e. The highest BCUT2D eigenvalue weighted by molar-refractivity contribution is 7.91. The molecule has 0 N–H and O–H groups in total. The van der Waals surface area contributed by atoms with Gasteiger partial charge in [-0.25, -0.2) is 13.2 Å². The normalized spacial score (nSPS) is 17.7. The molecule has 0 unspecified atom stereocenters. The molecule has 0 atom stereocenters. The Morgan fingerprint density at radius 3 is 2.34 bits per heavy atom. The number of fused-ring (bicyclic) bond motifs is 1. The minimum absolute atomic E-state index is 0.0870. The predicted octanol–water partition coefficient (Wildman–Crippen LogP) is 2.79. The number of carbonyl (C=O) groups excluding carboxylic acids is 1. The number of nitrogens with zero attached hydrogens (tertiary/aromatic N) is 2. The third-order valence-corrected chi connectivity index (χ3v) is 6.72. The number of hydrogen-bond donors (Lipinski definition) is 0. The second-order valence-electron chi connectivity index (χ2n) is 6.92. The lowest BCUT2D eigenvalue weighted by molar-refractivity contribution is -0.384. The van der Waals surface area contributed by atoms with Gasteiger partial charge in [-0.05, 0) is 31.0 Å². The summed E-state index contributed by atoms with van der Waals surface area (Å²) in [6.07, 6.45) is 1.92. The van der Waals surface area contributed by atoms with Crippen LogP contribution in [0.15, 0.2) is 59.0 Å². The van der Waals surface area contributed by atoms with Crippen LogP contribution in [0.25, 0.3) is 5.70 Å². The second-order valence-corrected chi connectivity index (χ2v) is 8.88. The molecular formula is C20H18N2O6S. The summed E-state index contributed by atoms with van der Waals surface area (Å²) in [5, 5.41) is 10.8. The Balaban J connectivity index is 1.75. The van der Waals surface area contributed by atoms with Crippen molar-refractivity contribution in [2.75, 3.05) is 18.8 Å². The Morgan fingerprint density at radius 2 is 1.69 bits per heavy atom. The monoisotopic (exact) mass is 414 g/mol. The average molecular weight is 414 g/mol. The number of benzene rings is 2. The van der Waals surface area contributed by atoms with Crippen LogP contribution in [-0.2, 0) is 14.6 Å². The van der Waals surface area contributed by atoms with Crippen molar-refractivity contribution in [1.29, 1.82) is 0 Å². The van der Waals surface area contributed by atoms with Crippen molar-refractivity contribution in [3.63, 3.8) is 0 Å². The lowest BCUT2D eigenvalue weighted by atomic mass is 10.1. The van der Waals surface area contributed by atoms with Gasteiger partial charge in [0, 0.05) is 30.8 Å². The van der Waals surface area contributed by atoms with Crippen LogP contribution in [0.4, 0.5) is 5.69 Å². The van der Waals surface area contributed by atoms with Gasteiger partial charge in [0.25, 0.3) is 5.69 Å². The zero-order chi connectivity index (χ0) is 20.6. The summed E-state index contributed by atoms with van der Waals surface area (Å²) >= 11 is 0. The maximum absolute atomic E-state index is 12.9. The van der Waals surface area contributed by atoms with Gasteiger partial charge in [0.1, 0.15) is 5.75 Å². The molecule has 8 nitrogen and oxygen atoms in total. The number of nitro benzene ring substituents is 1. The number of non-ortho nitro benzene ring substituents is 1. The fourth-order valence-electron chi connectivity index (χ4n) is 3.69. The van der Waals surface area contributed by atoms with Crippen molar-refractivity contribution in [2.24, 2.45) is 0 Å². The first-order valence-electron chi connectivity index (χ1n) is 9.14. The average Bonchev–Trinajstić information content (AvgIpc) is 3.22. The molecule has 2 aromatic rings.